The van der Waals surface area contributed by atoms with Crippen LogP contribution in [0, 0.1) is 11.8 Å². The van der Waals surface area contributed by atoms with Gasteiger partial charge in [0.05, 0.1) is 11.8 Å². The number of ketones is 1. The Morgan fingerprint density at radius 2 is 1.74 bits per heavy atom. The van der Waals surface area contributed by atoms with Gasteiger partial charge < -0.3 is 9.84 Å². The van der Waals surface area contributed by atoms with Crippen LogP contribution in [-0.2, 0) is 19.1 Å². The van der Waals surface area contributed by atoms with Crippen molar-refractivity contribution in [2.24, 2.45) is 11.8 Å². The topological polar surface area (TPSA) is 80.7 Å². The molecule has 1 rings (SSSR count). The largest absolute Gasteiger partial charge is 0.481 e. The number of ether oxygens (including phenoxy) is 1. The quantitative estimate of drug-likeness (QED) is 0.609. The van der Waals surface area contributed by atoms with Crippen LogP contribution in [0.4, 0.5) is 0 Å². The number of esters is 1. The summed E-state index contributed by atoms with van der Waals surface area (Å²) in [5, 5.41) is 9.12. The van der Waals surface area contributed by atoms with E-state index in [-0.39, 0.29) is 0 Å². The first-order valence-electron chi connectivity index (χ1n) is 6.42. The van der Waals surface area contributed by atoms with E-state index >= 15 is 0 Å². The standard InChI is InChI=1S/C14H20O5/c1-4-11(15)14(2,3)19-13(18)10-8-6-5-7-9(10)12(16)17/h4,9-10H,1,5-8H2,2-3H3,(H,16,17). The van der Waals surface area contributed by atoms with Gasteiger partial charge in [-0.3, -0.25) is 14.4 Å². The summed E-state index contributed by atoms with van der Waals surface area (Å²) < 4.78 is 5.19. The molecule has 0 amide bonds. The molecule has 0 saturated heterocycles. The minimum absolute atomic E-state index is 0.400. The summed E-state index contributed by atoms with van der Waals surface area (Å²) >= 11 is 0. The Bertz CT molecular complexity index is 397. The van der Waals surface area contributed by atoms with Gasteiger partial charge in [0, 0.05) is 0 Å². The zero-order valence-corrected chi connectivity index (χ0v) is 11.3. The minimum Gasteiger partial charge on any atom is -0.481 e. The third-order valence-corrected chi connectivity index (χ3v) is 3.52. The molecule has 0 aromatic carbocycles. The van der Waals surface area contributed by atoms with Crippen LogP contribution in [0.5, 0.6) is 0 Å². The molecule has 19 heavy (non-hydrogen) atoms. The van der Waals surface area contributed by atoms with Gasteiger partial charge in [-0.25, -0.2) is 0 Å². The van der Waals surface area contributed by atoms with Gasteiger partial charge in [-0.1, -0.05) is 19.4 Å². The Labute approximate surface area is 112 Å². The van der Waals surface area contributed by atoms with Gasteiger partial charge in [0.15, 0.2) is 11.4 Å². The predicted octanol–water partition coefficient (Wildman–Crippen LogP) is 1.95. The number of rotatable bonds is 5. The molecule has 0 aromatic rings. The second-order valence-corrected chi connectivity index (χ2v) is 5.34. The molecular formula is C14H20O5. The molecule has 1 aliphatic carbocycles. The summed E-state index contributed by atoms with van der Waals surface area (Å²) in [6.45, 7) is 6.31. The fourth-order valence-corrected chi connectivity index (χ4v) is 2.33. The van der Waals surface area contributed by atoms with Crippen molar-refractivity contribution in [3.8, 4) is 0 Å². The van der Waals surface area contributed by atoms with E-state index in [0.717, 1.165) is 18.9 Å². The molecule has 0 aromatic heterocycles. The SMILES string of the molecule is C=CC(=O)C(C)(C)OC(=O)C1CCCCC1C(=O)O. The lowest BCUT2D eigenvalue weighted by Gasteiger charge is -2.30. The third kappa shape index (κ3) is 3.66. The van der Waals surface area contributed by atoms with Crippen molar-refractivity contribution < 1.29 is 24.2 Å². The van der Waals surface area contributed by atoms with E-state index < -0.39 is 35.2 Å². The highest BCUT2D eigenvalue weighted by atomic mass is 16.6. The van der Waals surface area contributed by atoms with Gasteiger partial charge in [-0.2, -0.15) is 0 Å². The maximum atomic E-state index is 12.1. The molecule has 0 radical (unpaired) electrons. The molecular weight excluding hydrogens is 248 g/mol. The maximum Gasteiger partial charge on any atom is 0.310 e. The van der Waals surface area contributed by atoms with Crippen LogP contribution in [0.1, 0.15) is 39.5 Å². The molecule has 1 fully saturated rings. The van der Waals surface area contributed by atoms with Crippen LogP contribution in [0.3, 0.4) is 0 Å². The van der Waals surface area contributed by atoms with Crippen molar-refractivity contribution in [3.63, 3.8) is 0 Å². The second kappa shape index (κ2) is 5.99. The fraction of sp³-hybridized carbons (Fsp3) is 0.643. The van der Waals surface area contributed by atoms with Crippen molar-refractivity contribution in [2.75, 3.05) is 0 Å². The van der Waals surface area contributed by atoms with Crippen LogP contribution >= 0.6 is 0 Å². The first kappa shape index (κ1) is 15.4. The molecule has 5 heteroatoms. The molecule has 0 bridgehead atoms. The lowest BCUT2D eigenvalue weighted by Crippen LogP contribution is -2.41. The van der Waals surface area contributed by atoms with E-state index in [9.17, 15) is 14.4 Å². The Kier molecular flexibility index (Phi) is 4.86. The summed E-state index contributed by atoms with van der Waals surface area (Å²) in [5.74, 6) is -3.36. The summed E-state index contributed by atoms with van der Waals surface area (Å²) in [7, 11) is 0. The molecule has 0 aliphatic heterocycles. The highest BCUT2D eigenvalue weighted by Crippen LogP contribution is 2.32. The van der Waals surface area contributed by atoms with Crippen molar-refractivity contribution >= 4 is 17.7 Å². The Morgan fingerprint density at radius 1 is 1.21 bits per heavy atom. The third-order valence-electron chi connectivity index (χ3n) is 3.52. The molecule has 2 atom stereocenters. The zero-order chi connectivity index (χ0) is 14.6. The number of carbonyl (C=O) groups is 3. The molecule has 106 valence electrons. The first-order valence-corrected chi connectivity index (χ1v) is 6.42. The molecule has 1 saturated carbocycles. The van der Waals surface area contributed by atoms with Gasteiger partial charge in [0.25, 0.3) is 0 Å². The molecule has 0 spiro atoms. The van der Waals surface area contributed by atoms with Crippen LogP contribution in [-0.4, -0.2) is 28.4 Å². The minimum atomic E-state index is -1.29. The van der Waals surface area contributed by atoms with Gasteiger partial charge in [0.2, 0.25) is 0 Å². The van der Waals surface area contributed by atoms with E-state index in [0.29, 0.717) is 12.8 Å². The number of carboxylic acids is 1. The second-order valence-electron chi connectivity index (χ2n) is 5.34. The average molecular weight is 268 g/mol. The lowest BCUT2D eigenvalue weighted by molar-refractivity contribution is -0.172. The normalized spacial score (nSPS) is 23.5. The molecule has 2 unspecified atom stereocenters. The van der Waals surface area contributed by atoms with Crippen LogP contribution in [0.2, 0.25) is 0 Å². The van der Waals surface area contributed by atoms with E-state index in [1.54, 1.807) is 0 Å². The van der Waals surface area contributed by atoms with Gasteiger partial charge in [0.1, 0.15) is 0 Å². The molecule has 5 nitrogen and oxygen atoms in total. The summed E-state index contributed by atoms with van der Waals surface area (Å²) in [6, 6.07) is 0. The summed E-state index contributed by atoms with van der Waals surface area (Å²) in [5.41, 5.74) is -1.29. The van der Waals surface area contributed by atoms with Gasteiger partial charge >= 0.3 is 11.9 Å². The van der Waals surface area contributed by atoms with E-state index in [1.165, 1.54) is 13.8 Å². The van der Waals surface area contributed by atoms with Crippen molar-refractivity contribution in [1.82, 2.24) is 0 Å². The van der Waals surface area contributed by atoms with Crippen LogP contribution in [0.25, 0.3) is 0 Å². The first-order chi connectivity index (χ1) is 8.79. The molecule has 1 aliphatic rings. The van der Waals surface area contributed by atoms with Crippen LogP contribution < -0.4 is 0 Å². The Balaban J connectivity index is 2.78. The van der Waals surface area contributed by atoms with E-state index in [4.69, 9.17) is 9.84 Å². The van der Waals surface area contributed by atoms with Crippen molar-refractivity contribution in [2.45, 2.75) is 45.1 Å². The number of carboxylic acid groups (broad SMARTS) is 1. The van der Waals surface area contributed by atoms with E-state index in [2.05, 4.69) is 6.58 Å². The van der Waals surface area contributed by atoms with Crippen molar-refractivity contribution in [1.29, 1.82) is 0 Å². The Morgan fingerprint density at radius 3 is 2.21 bits per heavy atom. The lowest BCUT2D eigenvalue weighted by atomic mass is 9.79. The fourth-order valence-electron chi connectivity index (χ4n) is 2.33. The highest BCUT2D eigenvalue weighted by molar-refractivity contribution is 5.97. The number of hydrogen-bond donors (Lipinski definition) is 1. The van der Waals surface area contributed by atoms with Crippen LogP contribution in [0.15, 0.2) is 12.7 Å². The van der Waals surface area contributed by atoms with Crippen molar-refractivity contribution in [3.05, 3.63) is 12.7 Å². The molecule has 1 N–H and O–H groups in total. The number of hydrogen-bond acceptors (Lipinski definition) is 4. The summed E-state index contributed by atoms with van der Waals surface area (Å²) in [6.07, 6.45) is 3.68. The van der Waals surface area contributed by atoms with Gasteiger partial charge in [-0.05, 0) is 32.8 Å². The van der Waals surface area contributed by atoms with Gasteiger partial charge in [-0.15, -0.1) is 0 Å². The average Bonchev–Trinajstić information content (AvgIpc) is 2.37. The summed E-state index contributed by atoms with van der Waals surface area (Å²) in [4.78, 5) is 34.8. The zero-order valence-electron chi connectivity index (χ0n) is 11.3. The Hall–Kier alpha value is -1.65. The number of carbonyl (C=O) groups excluding carboxylic acids is 2. The highest BCUT2D eigenvalue weighted by Gasteiger charge is 2.40. The monoisotopic (exact) mass is 268 g/mol. The molecule has 0 heterocycles. The number of aliphatic carboxylic acids is 1. The smallest absolute Gasteiger partial charge is 0.310 e. The predicted molar refractivity (Wildman–Crippen MR) is 68.5 cm³/mol. The van der Waals surface area contributed by atoms with E-state index in [1.807, 2.05) is 0 Å². The maximum absolute atomic E-state index is 12.1.